The van der Waals surface area contributed by atoms with Gasteiger partial charge in [0.25, 0.3) is 0 Å². The van der Waals surface area contributed by atoms with Crippen LogP contribution < -0.4 is 0 Å². The molecule has 0 aliphatic heterocycles. The van der Waals surface area contributed by atoms with Crippen LogP contribution >= 0.6 is 8.92 Å². The summed E-state index contributed by atoms with van der Waals surface area (Å²) in [5.41, 5.74) is 0. The summed E-state index contributed by atoms with van der Waals surface area (Å²) < 4.78 is 0.986. The van der Waals surface area contributed by atoms with Crippen molar-refractivity contribution in [3.05, 3.63) is 0 Å². The average Bonchev–Trinajstić information content (AvgIpc) is 1.61. The number of hydrogen-bond donors (Lipinski definition) is 0. The van der Waals surface area contributed by atoms with Gasteiger partial charge in [0.2, 0.25) is 0 Å². The SMILES string of the molecule is CC(=O)C[CH2][Sn][Cl]. The molecule has 0 N–H and O–H groups in total. The third kappa shape index (κ3) is 6.76. The number of hydrogen-bond acceptors (Lipinski definition) is 1. The molecule has 0 unspecified atom stereocenters. The third-order valence-electron chi connectivity index (χ3n) is 0.572. The van der Waals surface area contributed by atoms with E-state index in [1.165, 1.54) is 0 Å². The first-order chi connectivity index (χ1) is 3.27. The van der Waals surface area contributed by atoms with Crippen molar-refractivity contribution in [2.45, 2.75) is 17.8 Å². The van der Waals surface area contributed by atoms with E-state index < -0.39 is 20.0 Å². The Bertz CT molecular complexity index is 64.7. The fourth-order valence-corrected chi connectivity index (χ4v) is 2.13. The van der Waals surface area contributed by atoms with E-state index in [0.29, 0.717) is 6.42 Å². The van der Waals surface area contributed by atoms with E-state index in [2.05, 4.69) is 0 Å². The van der Waals surface area contributed by atoms with Crippen molar-refractivity contribution in [1.82, 2.24) is 0 Å². The van der Waals surface area contributed by atoms with Crippen LogP contribution in [0.15, 0.2) is 0 Å². The van der Waals surface area contributed by atoms with Gasteiger partial charge in [0.15, 0.2) is 0 Å². The van der Waals surface area contributed by atoms with Crippen molar-refractivity contribution in [2.24, 2.45) is 0 Å². The fraction of sp³-hybridized carbons (Fsp3) is 0.750. The number of carbonyl (C=O) groups excluding carboxylic acids is 1. The van der Waals surface area contributed by atoms with Gasteiger partial charge in [0.1, 0.15) is 0 Å². The van der Waals surface area contributed by atoms with Gasteiger partial charge in [0.05, 0.1) is 0 Å². The van der Waals surface area contributed by atoms with E-state index in [0.717, 1.165) is 4.44 Å². The summed E-state index contributed by atoms with van der Waals surface area (Å²) in [6.45, 7) is 1.60. The molecule has 0 aromatic heterocycles. The van der Waals surface area contributed by atoms with Gasteiger partial charge in [-0.3, -0.25) is 0 Å². The van der Waals surface area contributed by atoms with Gasteiger partial charge >= 0.3 is 57.3 Å². The standard InChI is InChI=1S/C4H7O.ClH.Sn/c1-3-4(2)5;;/h1,3H2,2H3;1H;/q;;+1/p-1. The number of ketones is 1. The Morgan fingerprint density at radius 3 is 2.57 bits per heavy atom. The number of rotatable bonds is 3. The Morgan fingerprint density at radius 2 is 2.43 bits per heavy atom. The summed E-state index contributed by atoms with van der Waals surface area (Å²) in [6, 6.07) is 0. The van der Waals surface area contributed by atoms with Crippen molar-refractivity contribution in [3.63, 3.8) is 0 Å². The predicted octanol–water partition coefficient (Wildman–Crippen LogP) is 1.24. The second-order valence-electron chi connectivity index (χ2n) is 1.34. The first-order valence-corrected chi connectivity index (χ1v) is 7.73. The van der Waals surface area contributed by atoms with Crippen LogP contribution in [0.1, 0.15) is 13.3 Å². The molecular formula is C4H7ClOSn. The number of halogens is 1. The van der Waals surface area contributed by atoms with Gasteiger partial charge < -0.3 is 0 Å². The number of Topliss-reactive ketones (excluding diaryl/α,β-unsaturated/α-hetero) is 1. The molecular weight excluding hydrogens is 218 g/mol. The van der Waals surface area contributed by atoms with E-state index in [-0.39, 0.29) is 5.78 Å². The van der Waals surface area contributed by atoms with E-state index in [4.69, 9.17) is 8.92 Å². The number of carbonyl (C=O) groups is 1. The van der Waals surface area contributed by atoms with E-state index in [9.17, 15) is 4.79 Å². The van der Waals surface area contributed by atoms with Crippen molar-refractivity contribution in [1.29, 1.82) is 0 Å². The molecule has 0 amide bonds. The van der Waals surface area contributed by atoms with Crippen LogP contribution in [0.5, 0.6) is 0 Å². The molecule has 0 aliphatic rings. The molecule has 0 aromatic carbocycles. The zero-order valence-corrected chi connectivity index (χ0v) is 7.81. The van der Waals surface area contributed by atoms with Crippen LogP contribution in [0, 0.1) is 0 Å². The molecule has 0 saturated heterocycles. The molecule has 3 heteroatoms. The maximum absolute atomic E-state index is 10.2. The van der Waals surface area contributed by atoms with Crippen LogP contribution in [0.3, 0.4) is 0 Å². The topological polar surface area (TPSA) is 17.1 Å². The first-order valence-electron chi connectivity index (χ1n) is 2.10. The van der Waals surface area contributed by atoms with Crippen molar-refractivity contribution >= 4 is 34.7 Å². The van der Waals surface area contributed by atoms with E-state index >= 15 is 0 Å². The second kappa shape index (κ2) is 4.91. The summed E-state index contributed by atoms with van der Waals surface area (Å²) in [7, 11) is 5.46. The minimum atomic E-state index is -0.596. The Hall–Kier alpha value is 0.759. The fourth-order valence-electron chi connectivity index (χ4n) is 0.223. The van der Waals surface area contributed by atoms with Crippen LogP contribution in [-0.4, -0.2) is 25.8 Å². The summed E-state index contributed by atoms with van der Waals surface area (Å²) >= 11 is -0.596. The summed E-state index contributed by atoms with van der Waals surface area (Å²) in [6.07, 6.45) is 0.704. The maximum atomic E-state index is 10.2. The molecule has 0 heterocycles. The molecule has 40 valence electrons. The van der Waals surface area contributed by atoms with Crippen LogP contribution in [-0.2, 0) is 4.79 Å². The van der Waals surface area contributed by atoms with Crippen LogP contribution in [0.25, 0.3) is 0 Å². The Kier molecular flexibility index (Phi) is 5.44. The van der Waals surface area contributed by atoms with Gasteiger partial charge in [-0.15, -0.1) is 0 Å². The molecule has 0 aliphatic carbocycles. The zero-order chi connectivity index (χ0) is 5.70. The van der Waals surface area contributed by atoms with E-state index in [1.54, 1.807) is 6.92 Å². The van der Waals surface area contributed by atoms with Gasteiger partial charge in [-0.2, -0.15) is 0 Å². The van der Waals surface area contributed by atoms with Gasteiger partial charge in [-0.1, -0.05) is 0 Å². The van der Waals surface area contributed by atoms with Gasteiger partial charge in [0, 0.05) is 0 Å². The van der Waals surface area contributed by atoms with Crippen LogP contribution in [0.4, 0.5) is 0 Å². The summed E-state index contributed by atoms with van der Waals surface area (Å²) in [4.78, 5) is 10.2. The molecule has 0 saturated carbocycles. The Labute approximate surface area is 57.4 Å². The Morgan fingerprint density at radius 1 is 1.86 bits per heavy atom. The molecule has 0 fully saturated rings. The molecule has 2 radical (unpaired) electrons. The Balaban J connectivity index is 2.82. The second-order valence-corrected chi connectivity index (χ2v) is 5.32. The summed E-state index contributed by atoms with van der Waals surface area (Å²) in [5, 5.41) is 0. The van der Waals surface area contributed by atoms with Crippen molar-refractivity contribution in [2.75, 3.05) is 0 Å². The summed E-state index contributed by atoms with van der Waals surface area (Å²) in [5.74, 6) is 0.265. The average molecular weight is 225 g/mol. The first kappa shape index (κ1) is 7.76. The van der Waals surface area contributed by atoms with E-state index in [1.807, 2.05) is 0 Å². The molecule has 0 bridgehead atoms. The molecule has 0 atom stereocenters. The molecule has 0 spiro atoms. The molecule has 0 aromatic rings. The van der Waals surface area contributed by atoms with Crippen molar-refractivity contribution in [3.8, 4) is 0 Å². The van der Waals surface area contributed by atoms with Crippen molar-refractivity contribution < 1.29 is 4.79 Å². The third-order valence-corrected chi connectivity index (χ3v) is 3.09. The van der Waals surface area contributed by atoms with Gasteiger partial charge in [-0.05, 0) is 0 Å². The quantitative estimate of drug-likeness (QED) is 0.660. The minimum absolute atomic E-state index is 0.265. The molecule has 1 nitrogen and oxygen atoms in total. The zero-order valence-electron chi connectivity index (χ0n) is 4.20. The van der Waals surface area contributed by atoms with Gasteiger partial charge in [-0.25, -0.2) is 0 Å². The molecule has 7 heavy (non-hydrogen) atoms. The van der Waals surface area contributed by atoms with Crippen LogP contribution in [0.2, 0.25) is 4.44 Å². The normalized spacial score (nSPS) is 8.86. The predicted molar refractivity (Wildman–Crippen MR) is 31.7 cm³/mol. The molecule has 0 rings (SSSR count). The monoisotopic (exact) mass is 226 g/mol.